The Kier molecular flexibility index (Phi) is 6.96. The van der Waals surface area contributed by atoms with Crippen LogP contribution in [0.25, 0.3) is 11.5 Å². The van der Waals surface area contributed by atoms with Crippen LogP contribution in [-0.4, -0.2) is 39.6 Å². The third-order valence-corrected chi connectivity index (χ3v) is 4.58. The van der Waals surface area contributed by atoms with E-state index in [1.54, 1.807) is 6.07 Å². The van der Waals surface area contributed by atoms with E-state index in [0.717, 1.165) is 10.2 Å². The van der Waals surface area contributed by atoms with E-state index < -0.39 is 17.5 Å². The molecule has 31 heavy (non-hydrogen) atoms. The van der Waals surface area contributed by atoms with Crippen molar-refractivity contribution in [2.45, 2.75) is 26.8 Å². The number of carbonyl (C=O) groups excluding carboxylic acids is 2. The van der Waals surface area contributed by atoms with Crippen LogP contribution < -0.4 is 11.1 Å². The molecule has 1 N–H and O–H groups in total. The smallest absolute Gasteiger partial charge is 0.388 e. The van der Waals surface area contributed by atoms with Gasteiger partial charge in [0, 0.05) is 17.8 Å². The molecule has 0 unspecified atom stereocenters. The van der Waals surface area contributed by atoms with E-state index >= 15 is 0 Å². The molecule has 0 radical (unpaired) electrons. The average molecular weight is 426 g/mol. The molecule has 162 valence electrons. The van der Waals surface area contributed by atoms with E-state index in [1.807, 2.05) is 32.0 Å². The minimum Gasteiger partial charge on any atom is -0.388 e. The molecular formula is C22H23FN4O4. The Morgan fingerprint density at radius 1 is 1.16 bits per heavy atom. The normalized spacial score (nSPS) is 10.7. The summed E-state index contributed by atoms with van der Waals surface area (Å²) in [5.41, 5.74) is 1.99. The first-order chi connectivity index (χ1) is 14.9. The lowest BCUT2D eigenvalue weighted by Gasteiger charge is -2.21. The Labute approximate surface area is 178 Å². The van der Waals surface area contributed by atoms with Crippen molar-refractivity contribution in [3.05, 3.63) is 70.5 Å². The molecule has 0 saturated heterocycles. The van der Waals surface area contributed by atoms with Crippen LogP contribution in [0.5, 0.6) is 0 Å². The Bertz CT molecular complexity index is 1120. The Morgan fingerprint density at radius 3 is 2.55 bits per heavy atom. The highest BCUT2D eigenvalue weighted by atomic mass is 19.1. The van der Waals surface area contributed by atoms with Crippen molar-refractivity contribution in [2.24, 2.45) is 0 Å². The summed E-state index contributed by atoms with van der Waals surface area (Å²) in [6.45, 7) is 3.58. The number of anilines is 1. The average Bonchev–Trinajstić information content (AvgIpc) is 3.10. The number of nitrogens with zero attached hydrogens (tertiary/aromatic N) is 3. The van der Waals surface area contributed by atoms with Gasteiger partial charge in [0.2, 0.25) is 17.7 Å². The molecule has 1 aromatic heterocycles. The molecule has 0 aliphatic carbocycles. The Hall–Kier alpha value is -3.75. The summed E-state index contributed by atoms with van der Waals surface area (Å²) in [6.07, 6.45) is 0.637. The molecule has 2 aromatic carbocycles. The maximum Gasteiger partial charge on any atom is 0.437 e. The molecule has 0 atom stereocenters. The van der Waals surface area contributed by atoms with Crippen molar-refractivity contribution in [3.8, 4) is 11.5 Å². The number of halogens is 1. The van der Waals surface area contributed by atoms with Crippen molar-refractivity contribution in [1.29, 1.82) is 0 Å². The minimum absolute atomic E-state index is 0.0165. The standard InChI is InChI=1S/C22H23FN4O4/c1-3-12-26(13-19(28)24-18-7-5-4-6-15(18)2)20(29)14-27-22(30)31-21(25-27)16-8-10-17(23)11-9-16/h4-11H,3,12-14H2,1-2H3,(H,24,28). The molecule has 3 rings (SSSR count). The molecule has 2 amide bonds. The molecule has 3 aromatic rings. The van der Waals surface area contributed by atoms with Crippen LogP contribution in [0, 0.1) is 12.7 Å². The summed E-state index contributed by atoms with van der Waals surface area (Å²) in [4.78, 5) is 38.7. The van der Waals surface area contributed by atoms with Crippen LogP contribution >= 0.6 is 0 Å². The van der Waals surface area contributed by atoms with Gasteiger partial charge in [-0.2, -0.15) is 4.68 Å². The summed E-state index contributed by atoms with van der Waals surface area (Å²) >= 11 is 0. The van der Waals surface area contributed by atoms with E-state index in [9.17, 15) is 18.8 Å². The van der Waals surface area contributed by atoms with Crippen LogP contribution in [0.1, 0.15) is 18.9 Å². The zero-order valence-corrected chi connectivity index (χ0v) is 17.3. The van der Waals surface area contributed by atoms with Gasteiger partial charge in [0.25, 0.3) is 0 Å². The Balaban J connectivity index is 1.69. The number of aromatic nitrogens is 2. The van der Waals surface area contributed by atoms with Crippen LogP contribution in [0.4, 0.5) is 10.1 Å². The SMILES string of the molecule is CCCN(CC(=O)Nc1ccccc1C)C(=O)Cn1nc(-c2ccc(F)cc2)oc1=O. The van der Waals surface area contributed by atoms with Crippen LogP contribution in [0.15, 0.2) is 57.7 Å². The molecule has 0 fully saturated rings. The number of benzene rings is 2. The van der Waals surface area contributed by atoms with Gasteiger partial charge in [0.1, 0.15) is 12.4 Å². The summed E-state index contributed by atoms with van der Waals surface area (Å²) in [6, 6.07) is 12.6. The summed E-state index contributed by atoms with van der Waals surface area (Å²) in [7, 11) is 0. The van der Waals surface area contributed by atoms with E-state index in [1.165, 1.54) is 29.2 Å². The molecule has 0 bridgehead atoms. The molecule has 9 heteroatoms. The fraction of sp³-hybridized carbons (Fsp3) is 0.273. The predicted octanol–water partition coefficient (Wildman–Crippen LogP) is 2.83. The van der Waals surface area contributed by atoms with Crippen LogP contribution in [0.2, 0.25) is 0 Å². The predicted molar refractivity (Wildman–Crippen MR) is 113 cm³/mol. The number of amides is 2. The lowest BCUT2D eigenvalue weighted by atomic mass is 10.2. The van der Waals surface area contributed by atoms with Crippen molar-refractivity contribution in [3.63, 3.8) is 0 Å². The summed E-state index contributed by atoms with van der Waals surface area (Å²) in [5.74, 6) is -2.04. The zero-order chi connectivity index (χ0) is 22.4. The van der Waals surface area contributed by atoms with E-state index in [-0.39, 0.29) is 24.9 Å². The first-order valence-corrected chi connectivity index (χ1v) is 9.84. The number of para-hydroxylation sites is 1. The van der Waals surface area contributed by atoms with Gasteiger partial charge >= 0.3 is 5.76 Å². The summed E-state index contributed by atoms with van der Waals surface area (Å²) < 4.78 is 19.1. The fourth-order valence-electron chi connectivity index (χ4n) is 2.98. The maximum absolute atomic E-state index is 13.1. The molecule has 0 aliphatic heterocycles. The number of nitrogens with one attached hydrogen (secondary N) is 1. The van der Waals surface area contributed by atoms with E-state index in [0.29, 0.717) is 24.2 Å². The molecule has 8 nitrogen and oxygen atoms in total. The third kappa shape index (κ3) is 5.65. The van der Waals surface area contributed by atoms with Crippen molar-refractivity contribution in [2.75, 3.05) is 18.4 Å². The van der Waals surface area contributed by atoms with Gasteiger partial charge in [-0.25, -0.2) is 9.18 Å². The van der Waals surface area contributed by atoms with Gasteiger partial charge in [-0.05, 0) is 49.2 Å². The van der Waals surface area contributed by atoms with Crippen LogP contribution in [0.3, 0.4) is 0 Å². The van der Waals surface area contributed by atoms with Crippen molar-refractivity contribution in [1.82, 2.24) is 14.7 Å². The number of aryl methyl sites for hydroxylation is 1. The van der Waals surface area contributed by atoms with Gasteiger partial charge in [0.05, 0.1) is 6.54 Å². The molecule has 0 spiro atoms. The van der Waals surface area contributed by atoms with Gasteiger partial charge < -0.3 is 14.6 Å². The first-order valence-electron chi connectivity index (χ1n) is 9.84. The number of rotatable bonds is 8. The Morgan fingerprint density at radius 2 is 1.87 bits per heavy atom. The zero-order valence-electron chi connectivity index (χ0n) is 17.3. The van der Waals surface area contributed by atoms with Crippen molar-refractivity contribution < 1.29 is 18.4 Å². The molecular weight excluding hydrogens is 403 g/mol. The monoisotopic (exact) mass is 426 g/mol. The number of carbonyl (C=O) groups is 2. The molecule has 1 heterocycles. The van der Waals surface area contributed by atoms with Gasteiger partial charge in [-0.15, -0.1) is 5.10 Å². The third-order valence-electron chi connectivity index (χ3n) is 4.58. The second-order valence-corrected chi connectivity index (χ2v) is 7.02. The number of hydrogen-bond donors (Lipinski definition) is 1. The highest BCUT2D eigenvalue weighted by Crippen LogP contribution is 2.16. The van der Waals surface area contributed by atoms with Gasteiger partial charge in [0.15, 0.2) is 0 Å². The second kappa shape index (κ2) is 9.84. The largest absolute Gasteiger partial charge is 0.437 e. The van der Waals surface area contributed by atoms with E-state index in [2.05, 4.69) is 10.4 Å². The maximum atomic E-state index is 13.1. The first kappa shape index (κ1) is 21.9. The highest BCUT2D eigenvalue weighted by Gasteiger charge is 2.20. The van der Waals surface area contributed by atoms with Gasteiger partial charge in [-0.3, -0.25) is 9.59 Å². The quantitative estimate of drug-likeness (QED) is 0.597. The molecule has 0 saturated carbocycles. The lowest BCUT2D eigenvalue weighted by Crippen LogP contribution is -2.41. The topological polar surface area (TPSA) is 97.4 Å². The highest BCUT2D eigenvalue weighted by molar-refractivity contribution is 5.95. The molecule has 0 aliphatic rings. The van der Waals surface area contributed by atoms with E-state index in [4.69, 9.17) is 4.42 Å². The van der Waals surface area contributed by atoms with Gasteiger partial charge in [-0.1, -0.05) is 25.1 Å². The van der Waals surface area contributed by atoms with Crippen LogP contribution in [-0.2, 0) is 16.1 Å². The summed E-state index contributed by atoms with van der Waals surface area (Å²) in [5, 5.41) is 6.81. The minimum atomic E-state index is -0.812. The lowest BCUT2D eigenvalue weighted by molar-refractivity contribution is -0.135. The second-order valence-electron chi connectivity index (χ2n) is 7.02. The fourth-order valence-corrected chi connectivity index (χ4v) is 2.98. The number of hydrogen-bond acceptors (Lipinski definition) is 5. The van der Waals surface area contributed by atoms with Crippen molar-refractivity contribution >= 4 is 17.5 Å².